The lowest BCUT2D eigenvalue weighted by molar-refractivity contribution is 0.111. The molecule has 0 atom stereocenters. The van der Waals surface area contributed by atoms with Crippen molar-refractivity contribution in [1.82, 2.24) is 4.90 Å². The molecule has 2 rings (SSSR count). The molecule has 0 bridgehead atoms. The predicted octanol–water partition coefficient (Wildman–Crippen LogP) is 3.18. The van der Waals surface area contributed by atoms with Crippen LogP contribution in [0.15, 0.2) is 42.5 Å². The topological polar surface area (TPSA) is 67.9 Å². The molecule has 6 nitrogen and oxygen atoms in total. The van der Waals surface area contributed by atoms with Crippen LogP contribution in [0.3, 0.4) is 0 Å². The lowest BCUT2D eigenvalue weighted by Gasteiger charge is -2.14. The van der Waals surface area contributed by atoms with Gasteiger partial charge in [0, 0.05) is 25.8 Å². The van der Waals surface area contributed by atoms with Crippen LogP contribution in [0.25, 0.3) is 0 Å². The summed E-state index contributed by atoms with van der Waals surface area (Å²) in [6, 6.07) is 12.1. The van der Waals surface area contributed by atoms with E-state index < -0.39 is 0 Å². The maximum Gasteiger partial charge on any atom is 0.321 e. The Labute approximate surface area is 141 Å². The van der Waals surface area contributed by atoms with Crippen molar-refractivity contribution < 1.29 is 19.1 Å². The third kappa shape index (κ3) is 4.49. The average molecular weight is 328 g/mol. The van der Waals surface area contributed by atoms with E-state index in [1.807, 2.05) is 24.3 Å². The summed E-state index contributed by atoms with van der Waals surface area (Å²) in [5.41, 5.74) is 1.92. The molecule has 0 unspecified atom stereocenters. The largest absolute Gasteiger partial charge is 0.497 e. The molecule has 0 aliphatic rings. The number of benzene rings is 2. The van der Waals surface area contributed by atoms with Gasteiger partial charge in [-0.05, 0) is 29.8 Å². The molecule has 2 aromatic carbocycles. The van der Waals surface area contributed by atoms with Crippen molar-refractivity contribution >= 4 is 18.0 Å². The number of nitrogens with one attached hydrogen (secondary N) is 1. The monoisotopic (exact) mass is 328 g/mol. The number of methoxy groups -OCH3 is 1. The number of amides is 2. The van der Waals surface area contributed by atoms with Crippen LogP contribution >= 0.6 is 0 Å². The van der Waals surface area contributed by atoms with Gasteiger partial charge < -0.3 is 19.7 Å². The molecule has 2 amide bonds. The molecule has 0 radical (unpaired) electrons. The smallest absolute Gasteiger partial charge is 0.321 e. The first-order valence-corrected chi connectivity index (χ1v) is 7.36. The first-order valence-electron chi connectivity index (χ1n) is 7.36. The van der Waals surface area contributed by atoms with Gasteiger partial charge in [0.2, 0.25) is 0 Å². The molecular weight excluding hydrogens is 308 g/mol. The Bertz CT molecular complexity index is 711. The Morgan fingerprint density at radius 1 is 1.17 bits per heavy atom. The molecule has 0 aromatic heterocycles. The molecule has 0 fully saturated rings. The fourth-order valence-electron chi connectivity index (χ4n) is 1.95. The summed E-state index contributed by atoms with van der Waals surface area (Å²) in [4.78, 5) is 24.3. The molecule has 1 N–H and O–H groups in total. The Hall–Kier alpha value is -3.02. The van der Waals surface area contributed by atoms with Crippen LogP contribution in [0.2, 0.25) is 0 Å². The second-order valence-corrected chi connectivity index (χ2v) is 5.33. The van der Waals surface area contributed by atoms with Gasteiger partial charge in [-0.15, -0.1) is 0 Å². The Morgan fingerprint density at radius 2 is 1.88 bits per heavy atom. The highest BCUT2D eigenvalue weighted by Crippen LogP contribution is 2.24. The minimum Gasteiger partial charge on any atom is -0.497 e. The number of ether oxygens (including phenoxy) is 2. The van der Waals surface area contributed by atoms with E-state index in [0.29, 0.717) is 23.6 Å². The summed E-state index contributed by atoms with van der Waals surface area (Å²) in [6.07, 6.45) is 0.723. The molecule has 0 spiro atoms. The molecule has 0 saturated heterocycles. The Kier molecular flexibility index (Phi) is 5.78. The first kappa shape index (κ1) is 17.3. The van der Waals surface area contributed by atoms with Crippen molar-refractivity contribution in [3.05, 3.63) is 53.6 Å². The van der Waals surface area contributed by atoms with Crippen LogP contribution in [0.5, 0.6) is 11.5 Å². The highest BCUT2D eigenvalue weighted by Gasteiger charge is 2.09. The Balaban J connectivity index is 2.11. The lowest BCUT2D eigenvalue weighted by atomic mass is 10.2. The molecule has 0 heterocycles. The number of nitrogens with zero attached hydrogens (tertiary/aromatic N) is 1. The molecule has 24 heavy (non-hydrogen) atoms. The maximum absolute atomic E-state index is 11.7. The number of anilines is 1. The zero-order valence-electron chi connectivity index (χ0n) is 13.9. The van der Waals surface area contributed by atoms with E-state index in [1.165, 1.54) is 4.90 Å². The van der Waals surface area contributed by atoms with E-state index in [0.717, 1.165) is 17.6 Å². The second kappa shape index (κ2) is 8.01. The minimum atomic E-state index is -0.255. The average Bonchev–Trinajstić information content (AvgIpc) is 2.60. The van der Waals surface area contributed by atoms with Crippen molar-refractivity contribution in [2.75, 3.05) is 26.5 Å². The fourth-order valence-corrected chi connectivity index (χ4v) is 1.95. The second-order valence-electron chi connectivity index (χ2n) is 5.33. The SMILES string of the molecule is COc1ccc(COc2cc(NC(=O)N(C)C)ccc2C=O)cc1. The van der Waals surface area contributed by atoms with Gasteiger partial charge in [0.05, 0.1) is 12.7 Å². The molecule has 0 aliphatic carbocycles. The quantitative estimate of drug-likeness (QED) is 0.827. The van der Waals surface area contributed by atoms with Crippen molar-refractivity contribution in [3.63, 3.8) is 0 Å². The normalized spacial score (nSPS) is 9.96. The highest BCUT2D eigenvalue weighted by atomic mass is 16.5. The van der Waals surface area contributed by atoms with Crippen LogP contribution in [0.1, 0.15) is 15.9 Å². The minimum absolute atomic E-state index is 0.255. The zero-order chi connectivity index (χ0) is 17.5. The van der Waals surface area contributed by atoms with Crippen LogP contribution in [0, 0.1) is 0 Å². The maximum atomic E-state index is 11.7. The standard InChI is InChI=1S/C18H20N2O4/c1-20(2)18(22)19-15-7-6-14(11-21)17(10-15)24-12-13-4-8-16(23-3)9-5-13/h4-11H,12H2,1-3H3,(H,19,22). The summed E-state index contributed by atoms with van der Waals surface area (Å²) in [7, 11) is 4.90. The van der Waals surface area contributed by atoms with Crippen LogP contribution < -0.4 is 14.8 Å². The van der Waals surface area contributed by atoms with Gasteiger partial charge in [0.25, 0.3) is 0 Å². The van der Waals surface area contributed by atoms with E-state index >= 15 is 0 Å². The van der Waals surface area contributed by atoms with Gasteiger partial charge >= 0.3 is 6.03 Å². The highest BCUT2D eigenvalue weighted by molar-refractivity contribution is 5.90. The van der Waals surface area contributed by atoms with E-state index in [9.17, 15) is 9.59 Å². The van der Waals surface area contributed by atoms with Crippen LogP contribution in [-0.4, -0.2) is 38.4 Å². The summed E-state index contributed by atoms with van der Waals surface area (Å²) in [6.45, 7) is 0.302. The number of hydrogen-bond acceptors (Lipinski definition) is 4. The summed E-state index contributed by atoms with van der Waals surface area (Å²) in [5.74, 6) is 1.18. The molecule has 0 aliphatic heterocycles. The van der Waals surface area contributed by atoms with E-state index in [2.05, 4.69) is 5.32 Å². The van der Waals surface area contributed by atoms with Crippen molar-refractivity contribution in [1.29, 1.82) is 0 Å². The van der Waals surface area contributed by atoms with Gasteiger partial charge in [0.15, 0.2) is 6.29 Å². The zero-order valence-corrected chi connectivity index (χ0v) is 13.9. The number of carbonyl (C=O) groups is 2. The molecule has 2 aromatic rings. The van der Waals surface area contributed by atoms with Gasteiger partial charge in [-0.2, -0.15) is 0 Å². The molecule has 0 saturated carbocycles. The van der Waals surface area contributed by atoms with Crippen molar-refractivity contribution in [2.24, 2.45) is 0 Å². The summed E-state index contributed by atoms with van der Waals surface area (Å²) < 4.78 is 10.8. The van der Waals surface area contributed by atoms with Gasteiger partial charge in [-0.1, -0.05) is 12.1 Å². The van der Waals surface area contributed by atoms with Gasteiger partial charge in [-0.25, -0.2) is 4.79 Å². The van der Waals surface area contributed by atoms with Gasteiger partial charge in [0.1, 0.15) is 18.1 Å². The molecule has 6 heteroatoms. The number of aldehydes is 1. The van der Waals surface area contributed by atoms with E-state index in [1.54, 1.807) is 39.4 Å². The molecule has 126 valence electrons. The third-order valence-electron chi connectivity index (χ3n) is 3.35. The van der Waals surface area contributed by atoms with E-state index in [4.69, 9.17) is 9.47 Å². The lowest BCUT2D eigenvalue weighted by Crippen LogP contribution is -2.27. The van der Waals surface area contributed by atoms with Crippen molar-refractivity contribution in [2.45, 2.75) is 6.61 Å². The number of rotatable bonds is 6. The molecular formula is C18H20N2O4. The Morgan fingerprint density at radius 3 is 2.46 bits per heavy atom. The summed E-state index contributed by atoms with van der Waals surface area (Å²) in [5, 5.41) is 2.72. The predicted molar refractivity (Wildman–Crippen MR) is 91.9 cm³/mol. The first-order chi connectivity index (χ1) is 11.5. The number of carbonyl (C=O) groups excluding carboxylic acids is 2. The van der Waals surface area contributed by atoms with E-state index in [-0.39, 0.29) is 6.03 Å². The number of urea groups is 1. The number of hydrogen-bond donors (Lipinski definition) is 1. The van der Waals surface area contributed by atoms with Crippen LogP contribution in [0.4, 0.5) is 10.5 Å². The summed E-state index contributed by atoms with van der Waals surface area (Å²) >= 11 is 0. The van der Waals surface area contributed by atoms with Crippen molar-refractivity contribution in [3.8, 4) is 11.5 Å². The van der Waals surface area contributed by atoms with Gasteiger partial charge in [-0.3, -0.25) is 4.79 Å². The fraction of sp³-hybridized carbons (Fsp3) is 0.222. The third-order valence-corrected chi connectivity index (χ3v) is 3.35. The van der Waals surface area contributed by atoms with Crippen LogP contribution in [-0.2, 0) is 6.61 Å².